The fraction of sp³-hybridized carbons (Fsp3) is 0.312. The van der Waals surface area contributed by atoms with E-state index in [0.717, 1.165) is 11.3 Å². The van der Waals surface area contributed by atoms with Gasteiger partial charge in [0.15, 0.2) is 5.76 Å². The minimum atomic E-state index is -0.251. The van der Waals surface area contributed by atoms with E-state index in [1.54, 1.807) is 19.2 Å². The average molecular weight is 289 g/mol. The Morgan fingerprint density at radius 1 is 1.29 bits per heavy atom. The lowest BCUT2D eigenvalue weighted by molar-refractivity contribution is 0.0914. The second-order valence-electron chi connectivity index (χ2n) is 4.46. The molecule has 1 amide bonds. The average Bonchev–Trinajstić information content (AvgIpc) is 2.95. The number of rotatable bonds is 7. The number of furan rings is 1. The third-order valence-corrected chi connectivity index (χ3v) is 2.83. The van der Waals surface area contributed by atoms with Gasteiger partial charge in [-0.1, -0.05) is 12.1 Å². The lowest BCUT2D eigenvalue weighted by Crippen LogP contribution is -2.22. The number of carbonyl (C=O) groups is 1. The van der Waals surface area contributed by atoms with E-state index in [1.165, 1.54) is 0 Å². The van der Waals surface area contributed by atoms with Crippen molar-refractivity contribution >= 4 is 5.91 Å². The van der Waals surface area contributed by atoms with Crippen LogP contribution < -0.4 is 10.1 Å². The Labute approximate surface area is 123 Å². The first-order valence-corrected chi connectivity index (χ1v) is 6.80. The zero-order valence-corrected chi connectivity index (χ0v) is 12.2. The molecule has 0 bridgehead atoms. The Bertz CT molecular complexity index is 591. The fourth-order valence-corrected chi connectivity index (χ4v) is 1.90. The topological polar surface area (TPSA) is 60.7 Å². The van der Waals surface area contributed by atoms with Gasteiger partial charge in [-0.05, 0) is 36.8 Å². The molecular formula is C16H19NO4. The van der Waals surface area contributed by atoms with Crippen LogP contribution in [0.4, 0.5) is 0 Å². The van der Waals surface area contributed by atoms with E-state index >= 15 is 0 Å². The van der Waals surface area contributed by atoms with Gasteiger partial charge in [0.05, 0.1) is 6.61 Å². The van der Waals surface area contributed by atoms with E-state index in [0.29, 0.717) is 25.5 Å². The lowest BCUT2D eigenvalue weighted by atomic mass is 10.2. The number of amides is 1. The molecule has 0 spiro atoms. The molecular weight excluding hydrogens is 270 g/mol. The first-order chi connectivity index (χ1) is 10.2. The summed E-state index contributed by atoms with van der Waals surface area (Å²) in [5.74, 6) is 1.45. The molecule has 5 heteroatoms. The van der Waals surface area contributed by atoms with Crippen molar-refractivity contribution in [1.82, 2.24) is 5.32 Å². The summed E-state index contributed by atoms with van der Waals surface area (Å²) < 4.78 is 15.7. The van der Waals surface area contributed by atoms with E-state index in [1.807, 2.05) is 31.2 Å². The predicted molar refractivity (Wildman–Crippen MR) is 78.2 cm³/mol. The van der Waals surface area contributed by atoms with Crippen molar-refractivity contribution in [3.05, 3.63) is 53.5 Å². The number of nitrogens with one attached hydrogen (secondary N) is 1. The van der Waals surface area contributed by atoms with Crippen LogP contribution in [0.5, 0.6) is 5.75 Å². The van der Waals surface area contributed by atoms with Crippen molar-refractivity contribution in [2.75, 3.05) is 13.7 Å². The highest BCUT2D eigenvalue weighted by Crippen LogP contribution is 2.13. The number of ether oxygens (including phenoxy) is 2. The molecule has 0 aliphatic rings. The molecule has 0 saturated heterocycles. The first kappa shape index (κ1) is 15.1. The second-order valence-corrected chi connectivity index (χ2v) is 4.46. The van der Waals surface area contributed by atoms with Gasteiger partial charge in [0.25, 0.3) is 5.91 Å². The molecule has 0 aliphatic carbocycles. The molecule has 1 aromatic heterocycles. The van der Waals surface area contributed by atoms with Gasteiger partial charge < -0.3 is 19.2 Å². The highest BCUT2D eigenvalue weighted by Gasteiger charge is 2.10. The van der Waals surface area contributed by atoms with E-state index < -0.39 is 0 Å². The maximum atomic E-state index is 12.0. The highest BCUT2D eigenvalue weighted by molar-refractivity contribution is 5.91. The summed E-state index contributed by atoms with van der Waals surface area (Å²) in [5, 5.41) is 2.81. The summed E-state index contributed by atoms with van der Waals surface area (Å²) in [6.45, 7) is 3.32. The van der Waals surface area contributed by atoms with Gasteiger partial charge in [0.1, 0.15) is 18.1 Å². The van der Waals surface area contributed by atoms with Gasteiger partial charge in [-0.25, -0.2) is 0 Å². The van der Waals surface area contributed by atoms with E-state index in [-0.39, 0.29) is 11.7 Å². The van der Waals surface area contributed by atoms with Crippen molar-refractivity contribution in [3.8, 4) is 5.75 Å². The van der Waals surface area contributed by atoms with Gasteiger partial charge in [-0.2, -0.15) is 0 Å². The first-order valence-electron chi connectivity index (χ1n) is 6.80. The van der Waals surface area contributed by atoms with Crippen molar-refractivity contribution < 1.29 is 18.7 Å². The number of hydrogen-bond acceptors (Lipinski definition) is 4. The molecule has 5 nitrogen and oxygen atoms in total. The SMILES string of the molecule is CCOc1cccc(CNC(=O)c2ccc(COC)o2)c1. The van der Waals surface area contributed by atoms with Crippen molar-refractivity contribution in [1.29, 1.82) is 0 Å². The molecule has 112 valence electrons. The quantitative estimate of drug-likeness (QED) is 0.851. The van der Waals surface area contributed by atoms with Crippen LogP contribution in [0.25, 0.3) is 0 Å². The van der Waals surface area contributed by atoms with Crippen LogP contribution in [0.2, 0.25) is 0 Å². The maximum Gasteiger partial charge on any atom is 0.287 e. The third kappa shape index (κ3) is 4.36. The molecule has 1 aromatic carbocycles. The lowest BCUT2D eigenvalue weighted by Gasteiger charge is -2.07. The fourth-order valence-electron chi connectivity index (χ4n) is 1.90. The molecule has 0 unspecified atom stereocenters. The minimum absolute atomic E-state index is 0.251. The smallest absolute Gasteiger partial charge is 0.287 e. The second kappa shape index (κ2) is 7.50. The molecule has 2 rings (SSSR count). The molecule has 0 fully saturated rings. The molecule has 2 aromatic rings. The Morgan fingerprint density at radius 2 is 2.14 bits per heavy atom. The van der Waals surface area contributed by atoms with Crippen LogP contribution in [0.15, 0.2) is 40.8 Å². The summed E-state index contributed by atoms with van der Waals surface area (Å²) in [4.78, 5) is 12.0. The summed E-state index contributed by atoms with van der Waals surface area (Å²) in [5.41, 5.74) is 0.970. The summed E-state index contributed by atoms with van der Waals surface area (Å²) in [6, 6.07) is 11.0. The van der Waals surface area contributed by atoms with Gasteiger partial charge in [-0.15, -0.1) is 0 Å². The summed E-state index contributed by atoms with van der Waals surface area (Å²) >= 11 is 0. The molecule has 0 saturated carbocycles. The minimum Gasteiger partial charge on any atom is -0.494 e. The van der Waals surface area contributed by atoms with Crippen LogP contribution in [0, 0.1) is 0 Å². The Hall–Kier alpha value is -2.27. The monoisotopic (exact) mass is 289 g/mol. The predicted octanol–water partition coefficient (Wildman–Crippen LogP) is 2.75. The van der Waals surface area contributed by atoms with Crippen molar-refractivity contribution in [2.45, 2.75) is 20.1 Å². The van der Waals surface area contributed by atoms with E-state index in [9.17, 15) is 4.79 Å². The van der Waals surface area contributed by atoms with Gasteiger partial charge in [0.2, 0.25) is 0 Å². The van der Waals surface area contributed by atoms with Crippen LogP contribution in [0.3, 0.4) is 0 Å². The number of hydrogen-bond donors (Lipinski definition) is 1. The van der Waals surface area contributed by atoms with Crippen LogP contribution in [-0.2, 0) is 17.9 Å². The molecule has 0 aliphatic heterocycles. The molecule has 1 N–H and O–H groups in total. The highest BCUT2D eigenvalue weighted by atomic mass is 16.5. The van der Waals surface area contributed by atoms with Gasteiger partial charge in [0, 0.05) is 13.7 Å². The Kier molecular flexibility index (Phi) is 5.40. The Balaban J connectivity index is 1.92. The van der Waals surface area contributed by atoms with Gasteiger partial charge >= 0.3 is 0 Å². The van der Waals surface area contributed by atoms with Crippen molar-refractivity contribution in [2.24, 2.45) is 0 Å². The van der Waals surface area contributed by atoms with E-state index in [2.05, 4.69) is 5.32 Å². The zero-order valence-electron chi connectivity index (χ0n) is 12.2. The normalized spacial score (nSPS) is 10.4. The molecule has 0 radical (unpaired) electrons. The molecule has 1 heterocycles. The summed E-state index contributed by atoms with van der Waals surface area (Å²) in [6.07, 6.45) is 0. The standard InChI is InChI=1S/C16H19NO4/c1-3-20-13-6-4-5-12(9-13)10-17-16(18)15-8-7-14(21-15)11-19-2/h4-9H,3,10-11H2,1-2H3,(H,17,18). The van der Waals surface area contributed by atoms with Gasteiger partial charge in [-0.3, -0.25) is 4.79 Å². The third-order valence-electron chi connectivity index (χ3n) is 2.83. The van der Waals surface area contributed by atoms with Crippen LogP contribution in [0.1, 0.15) is 28.8 Å². The number of methoxy groups -OCH3 is 1. The van der Waals surface area contributed by atoms with Crippen LogP contribution >= 0.6 is 0 Å². The van der Waals surface area contributed by atoms with E-state index in [4.69, 9.17) is 13.9 Å². The number of carbonyl (C=O) groups excluding carboxylic acids is 1. The Morgan fingerprint density at radius 3 is 2.90 bits per heavy atom. The largest absolute Gasteiger partial charge is 0.494 e. The molecule has 0 atom stereocenters. The maximum absolute atomic E-state index is 12.0. The summed E-state index contributed by atoms with van der Waals surface area (Å²) in [7, 11) is 1.58. The molecule has 21 heavy (non-hydrogen) atoms. The van der Waals surface area contributed by atoms with Crippen LogP contribution in [-0.4, -0.2) is 19.6 Å². The number of benzene rings is 1. The van der Waals surface area contributed by atoms with Crippen molar-refractivity contribution in [3.63, 3.8) is 0 Å². The zero-order chi connectivity index (χ0) is 15.1.